The Morgan fingerprint density at radius 2 is 2.00 bits per heavy atom. The Morgan fingerprint density at radius 1 is 1.17 bits per heavy atom. The highest BCUT2D eigenvalue weighted by atomic mass is 32.2. The molecule has 0 bridgehead atoms. The highest BCUT2D eigenvalue weighted by Crippen LogP contribution is 2.16. The van der Waals surface area contributed by atoms with Gasteiger partial charge in [-0.25, -0.2) is 4.99 Å². The van der Waals surface area contributed by atoms with Crippen LogP contribution in [-0.2, 0) is 0 Å². The topological polar surface area (TPSA) is 12.4 Å². The van der Waals surface area contributed by atoms with Crippen LogP contribution in [0.25, 0.3) is 0 Å². The van der Waals surface area contributed by atoms with Crippen molar-refractivity contribution in [3.8, 4) is 0 Å². The molecule has 0 spiro atoms. The van der Waals surface area contributed by atoms with Crippen molar-refractivity contribution in [1.82, 2.24) is 0 Å². The van der Waals surface area contributed by atoms with Gasteiger partial charge in [0.05, 0.1) is 6.20 Å². The first-order valence-electron chi connectivity index (χ1n) is 3.66. The van der Waals surface area contributed by atoms with E-state index in [0.717, 1.165) is 10.6 Å². The summed E-state index contributed by atoms with van der Waals surface area (Å²) in [4.78, 5) is 4.21. The average Bonchev–Trinajstić information content (AvgIpc) is 2.21. The summed E-state index contributed by atoms with van der Waals surface area (Å²) in [5.74, 6) is 0. The SMILES string of the molecule is C1=CN=C(c2ccccc2)SC=1. The number of thioether (sulfide) groups is 1. The summed E-state index contributed by atoms with van der Waals surface area (Å²) >= 11 is 1.60. The Balaban J connectivity index is 2.34. The van der Waals surface area contributed by atoms with E-state index in [0.29, 0.717) is 0 Å². The smallest absolute Gasteiger partial charge is 0.109 e. The fourth-order valence-electron chi connectivity index (χ4n) is 0.970. The number of aliphatic imine (C=N–C) groups is 1. The predicted octanol–water partition coefficient (Wildman–Crippen LogP) is 2.81. The maximum atomic E-state index is 4.21. The highest BCUT2D eigenvalue weighted by Gasteiger charge is 2.01. The van der Waals surface area contributed by atoms with Crippen LogP contribution in [0.4, 0.5) is 0 Å². The molecule has 0 fully saturated rings. The van der Waals surface area contributed by atoms with E-state index in [-0.39, 0.29) is 0 Å². The van der Waals surface area contributed by atoms with Crippen LogP contribution in [-0.4, -0.2) is 5.04 Å². The number of hydrogen-bond acceptors (Lipinski definition) is 2. The molecule has 0 radical (unpaired) electrons. The first kappa shape index (κ1) is 7.41. The number of benzene rings is 1. The Kier molecular flexibility index (Phi) is 2.12. The van der Waals surface area contributed by atoms with Gasteiger partial charge in [0.15, 0.2) is 0 Å². The van der Waals surface area contributed by atoms with Crippen LogP contribution < -0.4 is 0 Å². The van der Waals surface area contributed by atoms with Gasteiger partial charge in [-0.2, -0.15) is 0 Å². The minimum atomic E-state index is 1.04. The van der Waals surface area contributed by atoms with Gasteiger partial charge in [0.25, 0.3) is 0 Å². The van der Waals surface area contributed by atoms with Crippen LogP contribution in [0.1, 0.15) is 5.56 Å². The second-order valence-electron chi connectivity index (χ2n) is 2.33. The van der Waals surface area contributed by atoms with Crippen LogP contribution in [0.15, 0.2) is 52.7 Å². The summed E-state index contributed by atoms with van der Waals surface area (Å²) in [6.45, 7) is 0. The number of nitrogens with zero attached hydrogens (tertiary/aromatic N) is 1. The molecule has 0 aliphatic carbocycles. The number of rotatable bonds is 1. The molecule has 2 heteroatoms. The lowest BCUT2D eigenvalue weighted by atomic mass is 10.2. The lowest BCUT2D eigenvalue weighted by Gasteiger charge is -2.01. The standard InChI is InChI=1S/C10H7NS/c1-2-5-9(6-3-1)10-11-7-4-8-12-10/h1-3,5-8H. The molecule has 1 heterocycles. The minimum absolute atomic E-state index is 1.04. The Labute approximate surface area is 75.5 Å². The van der Waals surface area contributed by atoms with Crippen molar-refractivity contribution in [3.05, 3.63) is 53.2 Å². The number of hydrogen-bond donors (Lipinski definition) is 0. The normalized spacial score (nSPS) is 14.5. The zero-order valence-corrected chi connectivity index (χ0v) is 7.21. The van der Waals surface area contributed by atoms with E-state index in [1.54, 1.807) is 18.0 Å². The summed E-state index contributed by atoms with van der Waals surface area (Å²) in [6, 6.07) is 10.1. The molecular weight excluding hydrogens is 166 g/mol. The van der Waals surface area contributed by atoms with Gasteiger partial charge < -0.3 is 0 Å². The largest absolute Gasteiger partial charge is 0.241 e. The Bertz CT molecular complexity index is 359. The predicted molar refractivity (Wildman–Crippen MR) is 53.2 cm³/mol. The molecule has 1 aliphatic rings. The first-order chi connectivity index (χ1) is 5.97. The van der Waals surface area contributed by atoms with Crippen molar-refractivity contribution >= 4 is 16.8 Å². The molecule has 0 N–H and O–H groups in total. The molecule has 58 valence electrons. The molecular formula is C10H7NS. The zero-order valence-electron chi connectivity index (χ0n) is 6.40. The maximum Gasteiger partial charge on any atom is 0.109 e. The van der Waals surface area contributed by atoms with Crippen LogP contribution in [0.3, 0.4) is 0 Å². The Morgan fingerprint density at radius 3 is 2.67 bits per heavy atom. The molecule has 0 unspecified atom stereocenters. The third-order valence-corrected chi connectivity index (χ3v) is 2.33. The van der Waals surface area contributed by atoms with Gasteiger partial charge in [0.1, 0.15) is 5.04 Å². The molecule has 1 aromatic carbocycles. The fourth-order valence-corrected chi connectivity index (χ4v) is 1.60. The highest BCUT2D eigenvalue weighted by molar-refractivity contribution is 8.16. The molecule has 0 amide bonds. The van der Waals surface area contributed by atoms with Crippen LogP contribution in [0, 0.1) is 0 Å². The second kappa shape index (κ2) is 3.44. The molecule has 0 aromatic heterocycles. The summed E-state index contributed by atoms with van der Waals surface area (Å²) in [7, 11) is 0. The first-order valence-corrected chi connectivity index (χ1v) is 4.54. The third kappa shape index (κ3) is 1.50. The molecule has 0 saturated heterocycles. The molecule has 12 heavy (non-hydrogen) atoms. The monoisotopic (exact) mass is 173 g/mol. The summed E-state index contributed by atoms with van der Waals surface area (Å²) in [6.07, 6.45) is 1.69. The van der Waals surface area contributed by atoms with Gasteiger partial charge in [0.2, 0.25) is 0 Å². The van der Waals surface area contributed by atoms with E-state index in [4.69, 9.17) is 0 Å². The van der Waals surface area contributed by atoms with E-state index in [9.17, 15) is 0 Å². The minimum Gasteiger partial charge on any atom is -0.241 e. The van der Waals surface area contributed by atoms with Crippen molar-refractivity contribution in [1.29, 1.82) is 0 Å². The lowest BCUT2D eigenvalue weighted by molar-refractivity contribution is 1.56. The molecule has 0 saturated carbocycles. The fraction of sp³-hybridized carbons (Fsp3) is 0. The summed E-state index contributed by atoms with van der Waals surface area (Å²) in [5.41, 5.74) is 4.07. The van der Waals surface area contributed by atoms with Crippen LogP contribution >= 0.6 is 11.8 Å². The van der Waals surface area contributed by atoms with Gasteiger partial charge in [0, 0.05) is 11.0 Å². The van der Waals surface area contributed by atoms with Gasteiger partial charge in [-0.15, -0.1) is 0 Å². The van der Waals surface area contributed by atoms with E-state index >= 15 is 0 Å². The molecule has 2 rings (SSSR count). The van der Waals surface area contributed by atoms with Gasteiger partial charge in [-0.05, 0) is 0 Å². The lowest BCUT2D eigenvalue weighted by Crippen LogP contribution is -1.93. The third-order valence-electron chi connectivity index (χ3n) is 1.52. The molecule has 1 aromatic rings. The van der Waals surface area contributed by atoms with Crippen molar-refractivity contribution in [3.63, 3.8) is 0 Å². The van der Waals surface area contributed by atoms with Crippen molar-refractivity contribution < 1.29 is 0 Å². The average molecular weight is 173 g/mol. The summed E-state index contributed by atoms with van der Waals surface area (Å²) < 4.78 is 0. The zero-order chi connectivity index (χ0) is 8.23. The van der Waals surface area contributed by atoms with E-state index in [2.05, 4.69) is 22.9 Å². The van der Waals surface area contributed by atoms with E-state index in [1.807, 2.05) is 23.6 Å². The Hall–Kier alpha value is -1.24. The molecule has 1 nitrogen and oxygen atoms in total. The summed E-state index contributed by atoms with van der Waals surface area (Å²) in [5, 5.41) is 2.95. The van der Waals surface area contributed by atoms with E-state index < -0.39 is 0 Å². The van der Waals surface area contributed by atoms with E-state index in [1.165, 1.54) is 0 Å². The van der Waals surface area contributed by atoms with Crippen LogP contribution in [0.5, 0.6) is 0 Å². The van der Waals surface area contributed by atoms with Gasteiger partial charge in [-0.3, -0.25) is 0 Å². The second-order valence-corrected chi connectivity index (χ2v) is 3.19. The van der Waals surface area contributed by atoms with Gasteiger partial charge in [-0.1, -0.05) is 47.8 Å². The van der Waals surface area contributed by atoms with Crippen molar-refractivity contribution in [2.45, 2.75) is 0 Å². The maximum absolute atomic E-state index is 4.21. The van der Waals surface area contributed by atoms with Crippen LogP contribution in [0.2, 0.25) is 0 Å². The van der Waals surface area contributed by atoms with Crippen molar-refractivity contribution in [2.75, 3.05) is 0 Å². The molecule has 0 atom stereocenters. The van der Waals surface area contributed by atoms with Crippen molar-refractivity contribution in [2.24, 2.45) is 4.99 Å². The molecule has 1 aliphatic heterocycles. The quantitative estimate of drug-likeness (QED) is 0.595. The van der Waals surface area contributed by atoms with Gasteiger partial charge >= 0.3 is 0 Å².